The van der Waals surface area contributed by atoms with E-state index in [-0.39, 0.29) is 5.92 Å². The van der Waals surface area contributed by atoms with E-state index in [0.717, 1.165) is 29.8 Å². The van der Waals surface area contributed by atoms with Gasteiger partial charge in [0.25, 0.3) is 0 Å². The average Bonchev–Trinajstić information content (AvgIpc) is 2.95. The molecule has 100 valence electrons. The Balaban J connectivity index is 2.24. The number of carboxylic acid groups (broad SMARTS) is 1. The molecule has 0 aromatic carbocycles. The zero-order valence-electron chi connectivity index (χ0n) is 11.1. The molecule has 1 aliphatic heterocycles. The lowest BCUT2D eigenvalue weighted by atomic mass is 10.1. The largest absolute Gasteiger partial charge is 0.477 e. The number of hydrogen-bond acceptors (Lipinski definition) is 4. The van der Waals surface area contributed by atoms with Gasteiger partial charge in [0.2, 0.25) is 0 Å². The fourth-order valence-corrected chi connectivity index (χ4v) is 3.43. The first-order chi connectivity index (χ1) is 8.52. The number of hydrogen-bond donors (Lipinski definition) is 1. The van der Waals surface area contributed by atoms with Crippen LogP contribution in [0.1, 0.15) is 54.9 Å². The molecule has 0 spiro atoms. The van der Waals surface area contributed by atoms with Gasteiger partial charge in [0.1, 0.15) is 4.88 Å². The van der Waals surface area contributed by atoms with Crippen LogP contribution in [0, 0.1) is 5.92 Å². The summed E-state index contributed by atoms with van der Waals surface area (Å²) in [6, 6.07) is 0. The van der Waals surface area contributed by atoms with Crippen molar-refractivity contribution in [1.82, 2.24) is 4.98 Å². The van der Waals surface area contributed by atoms with Crippen molar-refractivity contribution in [3.8, 4) is 0 Å². The molecule has 1 aliphatic rings. The van der Waals surface area contributed by atoms with Gasteiger partial charge in [-0.25, -0.2) is 9.78 Å². The molecule has 18 heavy (non-hydrogen) atoms. The zero-order chi connectivity index (χ0) is 13.3. The number of anilines is 1. The topological polar surface area (TPSA) is 53.4 Å². The van der Waals surface area contributed by atoms with E-state index in [4.69, 9.17) is 0 Å². The van der Waals surface area contributed by atoms with E-state index in [1.165, 1.54) is 24.2 Å². The third-order valence-electron chi connectivity index (χ3n) is 3.52. The molecule has 1 saturated heterocycles. The van der Waals surface area contributed by atoms with E-state index in [1.54, 1.807) is 0 Å². The zero-order valence-corrected chi connectivity index (χ0v) is 12.0. The molecule has 0 aliphatic carbocycles. The van der Waals surface area contributed by atoms with Gasteiger partial charge in [-0.1, -0.05) is 38.5 Å². The minimum atomic E-state index is -0.853. The van der Waals surface area contributed by atoms with Crippen molar-refractivity contribution in [2.45, 2.75) is 39.5 Å². The first-order valence-corrected chi connectivity index (χ1v) is 7.33. The van der Waals surface area contributed by atoms with Crippen molar-refractivity contribution in [1.29, 1.82) is 0 Å². The summed E-state index contributed by atoms with van der Waals surface area (Å²) in [6.45, 7) is 8.20. The van der Waals surface area contributed by atoms with Crippen molar-refractivity contribution in [2.75, 3.05) is 18.0 Å². The Hall–Kier alpha value is -1.10. The van der Waals surface area contributed by atoms with Gasteiger partial charge in [0.15, 0.2) is 5.13 Å². The monoisotopic (exact) mass is 268 g/mol. The van der Waals surface area contributed by atoms with E-state index in [2.05, 4.69) is 16.8 Å². The highest BCUT2D eigenvalue weighted by Crippen LogP contribution is 2.33. The minimum Gasteiger partial charge on any atom is -0.477 e. The predicted octanol–water partition coefficient (Wildman–Crippen LogP) is 3.20. The smallest absolute Gasteiger partial charge is 0.347 e. The lowest BCUT2D eigenvalue weighted by molar-refractivity contribution is 0.0700. The maximum Gasteiger partial charge on any atom is 0.347 e. The van der Waals surface area contributed by atoms with Crippen molar-refractivity contribution < 1.29 is 9.90 Å². The van der Waals surface area contributed by atoms with E-state index in [1.807, 2.05) is 13.8 Å². The molecule has 1 aromatic heterocycles. The van der Waals surface area contributed by atoms with Crippen LogP contribution in [0.2, 0.25) is 0 Å². The van der Waals surface area contributed by atoms with Crippen LogP contribution < -0.4 is 4.90 Å². The molecule has 2 rings (SSSR count). The van der Waals surface area contributed by atoms with Gasteiger partial charge in [-0.15, -0.1) is 0 Å². The standard InChI is InChI=1S/C13H20N2O2S/c1-4-9-5-6-15(7-9)13-14-10(8(2)3)11(18-13)12(16)17/h8-9H,4-7H2,1-3H3,(H,16,17). The summed E-state index contributed by atoms with van der Waals surface area (Å²) in [5.41, 5.74) is 0.724. The van der Waals surface area contributed by atoms with Crippen LogP contribution in [-0.4, -0.2) is 29.1 Å². The molecule has 0 amide bonds. The second-order valence-corrected chi connectivity index (χ2v) is 6.16. The van der Waals surface area contributed by atoms with Crippen LogP contribution in [0.25, 0.3) is 0 Å². The fourth-order valence-electron chi connectivity index (χ4n) is 2.34. The maximum atomic E-state index is 11.2. The van der Waals surface area contributed by atoms with Crippen molar-refractivity contribution in [2.24, 2.45) is 5.92 Å². The number of carboxylic acids is 1. The predicted molar refractivity (Wildman–Crippen MR) is 73.8 cm³/mol. The molecule has 1 atom stereocenters. The third-order valence-corrected chi connectivity index (χ3v) is 4.64. The van der Waals surface area contributed by atoms with Crippen LogP contribution in [0.5, 0.6) is 0 Å². The number of thiazole rings is 1. The van der Waals surface area contributed by atoms with Crippen LogP contribution in [-0.2, 0) is 0 Å². The Bertz CT molecular complexity index is 442. The lowest BCUT2D eigenvalue weighted by Crippen LogP contribution is -2.19. The first-order valence-electron chi connectivity index (χ1n) is 6.51. The summed E-state index contributed by atoms with van der Waals surface area (Å²) in [5, 5.41) is 10.1. The first kappa shape index (κ1) is 13.3. The summed E-state index contributed by atoms with van der Waals surface area (Å²) in [7, 11) is 0. The Morgan fingerprint density at radius 1 is 1.61 bits per heavy atom. The van der Waals surface area contributed by atoms with Gasteiger partial charge in [-0.3, -0.25) is 0 Å². The van der Waals surface area contributed by atoms with Gasteiger partial charge in [-0.05, 0) is 18.3 Å². The second kappa shape index (κ2) is 5.26. The molecule has 1 N–H and O–H groups in total. The molecular formula is C13H20N2O2S. The molecule has 4 nitrogen and oxygen atoms in total. The molecule has 0 bridgehead atoms. The number of aromatic carboxylic acids is 1. The van der Waals surface area contributed by atoms with E-state index in [0.29, 0.717) is 4.88 Å². The average molecular weight is 268 g/mol. The summed E-state index contributed by atoms with van der Waals surface area (Å²) in [4.78, 5) is 18.4. The van der Waals surface area contributed by atoms with Gasteiger partial charge >= 0.3 is 5.97 Å². The van der Waals surface area contributed by atoms with Crippen LogP contribution in [0.3, 0.4) is 0 Å². The Morgan fingerprint density at radius 3 is 2.78 bits per heavy atom. The minimum absolute atomic E-state index is 0.158. The lowest BCUT2D eigenvalue weighted by Gasteiger charge is -2.14. The van der Waals surface area contributed by atoms with E-state index >= 15 is 0 Å². The molecule has 5 heteroatoms. The number of carbonyl (C=O) groups is 1. The summed E-state index contributed by atoms with van der Waals surface area (Å²) in [5.74, 6) is 0.0315. The van der Waals surface area contributed by atoms with Gasteiger partial charge in [0, 0.05) is 13.1 Å². The Kier molecular flexibility index (Phi) is 3.90. The second-order valence-electron chi connectivity index (χ2n) is 5.18. The van der Waals surface area contributed by atoms with Crippen molar-refractivity contribution >= 4 is 22.4 Å². The van der Waals surface area contributed by atoms with Crippen molar-refractivity contribution in [3.63, 3.8) is 0 Å². The molecule has 0 saturated carbocycles. The van der Waals surface area contributed by atoms with Crippen LogP contribution in [0.15, 0.2) is 0 Å². The molecule has 0 radical (unpaired) electrons. The number of nitrogens with zero attached hydrogens (tertiary/aromatic N) is 2. The highest BCUT2D eigenvalue weighted by molar-refractivity contribution is 7.17. The van der Waals surface area contributed by atoms with E-state index in [9.17, 15) is 9.90 Å². The summed E-state index contributed by atoms with van der Waals surface area (Å²) in [6.07, 6.45) is 2.38. The summed E-state index contributed by atoms with van der Waals surface area (Å²) >= 11 is 1.32. The van der Waals surface area contributed by atoms with E-state index < -0.39 is 5.97 Å². The number of aromatic nitrogens is 1. The fraction of sp³-hybridized carbons (Fsp3) is 0.692. The summed E-state index contributed by atoms with van der Waals surface area (Å²) < 4.78 is 0. The molecule has 1 aromatic rings. The van der Waals surface area contributed by atoms with Gasteiger partial charge in [-0.2, -0.15) is 0 Å². The Morgan fingerprint density at radius 2 is 2.33 bits per heavy atom. The quantitative estimate of drug-likeness (QED) is 0.911. The van der Waals surface area contributed by atoms with Crippen LogP contribution in [0.4, 0.5) is 5.13 Å². The highest BCUT2D eigenvalue weighted by atomic mass is 32.1. The van der Waals surface area contributed by atoms with Crippen molar-refractivity contribution in [3.05, 3.63) is 10.6 Å². The van der Waals surface area contributed by atoms with Gasteiger partial charge in [0.05, 0.1) is 5.69 Å². The van der Waals surface area contributed by atoms with Gasteiger partial charge < -0.3 is 10.0 Å². The SMILES string of the molecule is CCC1CCN(c2nc(C(C)C)c(C(=O)O)s2)C1. The number of rotatable bonds is 4. The van der Waals surface area contributed by atoms with Crippen LogP contribution >= 0.6 is 11.3 Å². The molecule has 2 heterocycles. The Labute approximate surface area is 112 Å². The molecular weight excluding hydrogens is 248 g/mol. The highest BCUT2D eigenvalue weighted by Gasteiger charge is 2.27. The third kappa shape index (κ3) is 2.51. The normalized spacial score (nSPS) is 19.8. The molecule has 1 unspecified atom stereocenters. The molecule has 1 fully saturated rings. The maximum absolute atomic E-state index is 11.2.